The topological polar surface area (TPSA) is 49.7 Å². The lowest BCUT2D eigenvalue weighted by molar-refractivity contribution is 0.476. The first kappa shape index (κ1) is 15.2. The Morgan fingerprint density at radius 1 is 0.731 bits per heavy atom. The van der Waals surface area contributed by atoms with E-state index in [2.05, 4.69) is 18.2 Å². The number of phenols is 2. The fourth-order valence-electron chi connectivity index (χ4n) is 3.45. The Kier molecular flexibility index (Phi) is 3.37. The first-order valence-corrected chi connectivity index (χ1v) is 9.59. The van der Waals surface area contributed by atoms with Crippen molar-refractivity contribution in [3.8, 4) is 28.4 Å². The lowest BCUT2D eigenvalue weighted by Gasteiger charge is -2.29. The lowest BCUT2D eigenvalue weighted by Crippen LogP contribution is -2.22. The summed E-state index contributed by atoms with van der Waals surface area (Å²) >= 11 is 0. The van der Waals surface area contributed by atoms with E-state index in [-0.39, 0.29) is 11.5 Å². The molecule has 2 N–H and O–H groups in total. The number of hydrogen-bond donors (Lipinski definition) is 2. The highest BCUT2D eigenvalue weighted by Crippen LogP contribution is 2.50. The second-order valence-electron chi connectivity index (χ2n) is 6.24. The molecule has 1 aliphatic rings. The number of para-hydroxylation sites is 1. The van der Waals surface area contributed by atoms with Crippen LogP contribution in [0.2, 0.25) is 0 Å². The van der Waals surface area contributed by atoms with E-state index in [1.54, 1.807) is 18.2 Å². The zero-order valence-corrected chi connectivity index (χ0v) is 14.6. The monoisotopic (exact) mass is 358 g/mol. The molecule has 4 aromatic rings. The van der Waals surface area contributed by atoms with Crippen LogP contribution < -0.4 is 15.1 Å². The SMILES string of the molecule is Oc1ccc2ccc(O)c(P3Oc4ccccc4-c4ccccc43)c2c1. The van der Waals surface area contributed by atoms with Gasteiger partial charge >= 0.3 is 0 Å². The smallest absolute Gasteiger partial charge is 0.155 e. The molecule has 126 valence electrons. The van der Waals surface area contributed by atoms with Gasteiger partial charge < -0.3 is 14.7 Å². The van der Waals surface area contributed by atoms with Crippen molar-refractivity contribution in [2.75, 3.05) is 0 Å². The highest BCUT2D eigenvalue weighted by Gasteiger charge is 2.30. The van der Waals surface area contributed by atoms with Crippen LogP contribution in [-0.2, 0) is 0 Å². The Morgan fingerprint density at radius 3 is 2.35 bits per heavy atom. The Morgan fingerprint density at radius 2 is 1.46 bits per heavy atom. The molecule has 5 rings (SSSR count). The Balaban J connectivity index is 1.82. The molecule has 4 heteroatoms. The van der Waals surface area contributed by atoms with Gasteiger partial charge in [-0.05, 0) is 35.2 Å². The molecule has 0 aromatic heterocycles. The minimum atomic E-state index is -1.26. The van der Waals surface area contributed by atoms with Gasteiger partial charge in [0.1, 0.15) is 17.2 Å². The lowest BCUT2D eigenvalue weighted by atomic mass is 10.0. The summed E-state index contributed by atoms with van der Waals surface area (Å²) in [4.78, 5) is 0. The number of hydrogen-bond acceptors (Lipinski definition) is 3. The molecule has 4 aromatic carbocycles. The summed E-state index contributed by atoms with van der Waals surface area (Å²) in [5, 5.41) is 24.2. The van der Waals surface area contributed by atoms with Crippen molar-refractivity contribution in [2.45, 2.75) is 0 Å². The second kappa shape index (κ2) is 5.76. The van der Waals surface area contributed by atoms with Gasteiger partial charge in [0, 0.05) is 16.3 Å². The van der Waals surface area contributed by atoms with E-state index in [0.29, 0.717) is 0 Å². The van der Waals surface area contributed by atoms with Crippen LogP contribution in [0.5, 0.6) is 17.2 Å². The maximum absolute atomic E-state index is 10.7. The fraction of sp³-hybridized carbons (Fsp3) is 0. The average molecular weight is 358 g/mol. The predicted octanol–water partition coefficient (Wildman–Crippen LogP) is 4.66. The minimum Gasteiger partial charge on any atom is -0.508 e. The molecule has 0 radical (unpaired) electrons. The number of fused-ring (bicyclic) bond motifs is 4. The van der Waals surface area contributed by atoms with Crippen molar-refractivity contribution in [1.29, 1.82) is 0 Å². The van der Waals surface area contributed by atoms with Crippen LogP contribution in [0.15, 0.2) is 78.9 Å². The largest absolute Gasteiger partial charge is 0.508 e. The van der Waals surface area contributed by atoms with Crippen molar-refractivity contribution in [3.63, 3.8) is 0 Å². The van der Waals surface area contributed by atoms with Gasteiger partial charge in [-0.2, -0.15) is 0 Å². The highest BCUT2D eigenvalue weighted by molar-refractivity contribution is 7.70. The molecule has 1 unspecified atom stereocenters. The number of benzene rings is 4. The standard InChI is InChI=1S/C22H15O3P/c23-15-11-9-14-10-12-19(24)22(18(14)13-15)26-21-8-4-2-6-17(21)16-5-1-3-7-20(16)25-26/h1-13,23-24H. The average Bonchev–Trinajstić information content (AvgIpc) is 2.67. The predicted molar refractivity (Wildman–Crippen MR) is 106 cm³/mol. The van der Waals surface area contributed by atoms with E-state index in [1.165, 1.54) is 0 Å². The van der Waals surface area contributed by atoms with Gasteiger partial charge in [0.05, 0.1) is 5.30 Å². The Labute approximate surface area is 152 Å². The first-order valence-electron chi connectivity index (χ1n) is 8.33. The third-order valence-corrected chi connectivity index (χ3v) is 6.73. The minimum absolute atomic E-state index is 0.171. The summed E-state index contributed by atoms with van der Waals surface area (Å²) in [7, 11) is -1.26. The molecule has 0 amide bonds. The van der Waals surface area contributed by atoms with E-state index in [0.717, 1.165) is 38.3 Å². The van der Waals surface area contributed by atoms with Crippen LogP contribution in [0.4, 0.5) is 0 Å². The zero-order valence-electron chi connectivity index (χ0n) is 13.8. The van der Waals surface area contributed by atoms with Crippen molar-refractivity contribution >= 4 is 29.5 Å². The normalized spacial score (nSPS) is 15.2. The van der Waals surface area contributed by atoms with Gasteiger partial charge in [-0.15, -0.1) is 0 Å². The molecular formula is C22H15O3P. The van der Waals surface area contributed by atoms with E-state index in [4.69, 9.17) is 4.52 Å². The number of rotatable bonds is 1. The summed E-state index contributed by atoms with van der Waals surface area (Å²) in [5.74, 6) is 1.17. The molecule has 3 nitrogen and oxygen atoms in total. The van der Waals surface area contributed by atoms with Crippen LogP contribution in [0, 0.1) is 0 Å². The molecule has 1 aliphatic heterocycles. The zero-order chi connectivity index (χ0) is 17.7. The van der Waals surface area contributed by atoms with Gasteiger partial charge in [-0.3, -0.25) is 0 Å². The molecule has 0 aliphatic carbocycles. The molecule has 26 heavy (non-hydrogen) atoms. The van der Waals surface area contributed by atoms with Crippen LogP contribution in [0.25, 0.3) is 21.9 Å². The number of phenolic OH excluding ortho intramolecular Hbond substituents is 2. The van der Waals surface area contributed by atoms with E-state index in [9.17, 15) is 10.2 Å². The van der Waals surface area contributed by atoms with Gasteiger partial charge in [-0.25, -0.2) is 0 Å². The van der Waals surface area contributed by atoms with E-state index in [1.807, 2.05) is 42.5 Å². The van der Waals surface area contributed by atoms with E-state index >= 15 is 0 Å². The molecule has 0 bridgehead atoms. The van der Waals surface area contributed by atoms with Crippen molar-refractivity contribution in [2.24, 2.45) is 0 Å². The van der Waals surface area contributed by atoms with Gasteiger partial charge in [-0.1, -0.05) is 54.6 Å². The summed E-state index contributed by atoms with van der Waals surface area (Å²) in [6.07, 6.45) is 0. The van der Waals surface area contributed by atoms with Gasteiger partial charge in [0.25, 0.3) is 0 Å². The third-order valence-electron chi connectivity index (χ3n) is 4.65. The maximum atomic E-state index is 10.7. The van der Waals surface area contributed by atoms with Crippen molar-refractivity contribution in [1.82, 2.24) is 0 Å². The summed E-state index contributed by atoms with van der Waals surface area (Å²) < 4.78 is 6.40. The fourth-order valence-corrected chi connectivity index (χ4v) is 5.57. The Hall–Kier alpha value is -3.03. The quantitative estimate of drug-likeness (QED) is 0.487. The van der Waals surface area contributed by atoms with Crippen molar-refractivity contribution in [3.05, 3.63) is 78.9 Å². The molecule has 0 saturated heterocycles. The molecule has 1 heterocycles. The van der Waals surface area contributed by atoms with Crippen LogP contribution in [0.3, 0.4) is 0 Å². The molecule has 0 spiro atoms. The van der Waals surface area contributed by atoms with Gasteiger partial charge in [0.15, 0.2) is 8.15 Å². The molecular weight excluding hydrogens is 343 g/mol. The number of aromatic hydroxyl groups is 2. The highest BCUT2D eigenvalue weighted by atomic mass is 31.1. The molecule has 1 atom stereocenters. The molecule has 0 saturated carbocycles. The Bertz CT molecular complexity index is 1150. The summed E-state index contributed by atoms with van der Waals surface area (Å²) in [6.45, 7) is 0. The second-order valence-corrected chi connectivity index (χ2v) is 7.94. The summed E-state index contributed by atoms with van der Waals surface area (Å²) in [6, 6.07) is 24.9. The third kappa shape index (κ3) is 2.25. The molecule has 0 fully saturated rings. The van der Waals surface area contributed by atoms with E-state index < -0.39 is 8.15 Å². The van der Waals surface area contributed by atoms with Crippen LogP contribution in [0.1, 0.15) is 0 Å². The van der Waals surface area contributed by atoms with Crippen molar-refractivity contribution < 1.29 is 14.7 Å². The first-order chi connectivity index (χ1) is 12.7. The van der Waals surface area contributed by atoms with Crippen LogP contribution >= 0.6 is 8.15 Å². The van der Waals surface area contributed by atoms with Gasteiger partial charge in [0.2, 0.25) is 0 Å². The van der Waals surface area contributed by atoms with Crippen LogP contribution in [-0.4, -0.2) is 10.2 Å². The summed E-state index contributed by atoms with van der Waals surface area (Å²) in [5.41, 5.74) is 2.18. The maximum Gasteiger partial charge on any atom is 0.155 e.